The van der Waals surface area contributed by atoms with E-state index in [4.69, 9.17) is 4.74 Å². The van der Waals surface area contributed by atoms with Crippen molar-refractivity contribution in [1.29, 1.82) is 0 Å². The number of para-hydroxylation sites is 1. The molecule has 1 amide bonds. The first-order valence-corrected chi connectivity index (χ1v) is 11.9. The number of nitrogens with zero attached hydrogens (tertiary/aromatic N) is 3. The molecule has 2 heterocycles. The SMILES string of the molecule is COc1ccc(S(=O)(=O)NCCNC(=O)c2nccnc2-c2nc3ccccc3s2)cc1. The van der Waals surface area contributed by atoms with E-state index in [9.17, 15) is 13.2 Å². The number of fused-ring (bicyclic) bond motifs is 1. The van der Waals surface area contributed by atoms with E-state index in [0.29, 0.717) is 16.5 Å². The third-order valence-corrected chi connectivity index (χ3v) is 7.00. The molecule has 11 heteroatoms. The number of methoxy groups -OCH3 is 1. The summed E-state index contributed by atoms with van der Waals surface area (Å²) in [6.45, 7) is 0.0842. The van der Waals surface area contributed by atoms with Gasteiger partial charge in [0, 0.05) is 25.5 Å². The van der Waals surface area contributed by atoms with Crippen LogP contribution >= 0.6 is 11.3 Å². The molecular weight excluding hydrogens is 450 g/mol. The highest BCUT2D eigenvalue weighted by Gasteiger charge is 2.19. The molecule has 0 aliphatic heterocycles. The fourth-order valence-electron chi connectivity index (χ4n) is 2.92. The van der Waals surface area contributed by atoms with Gasteiger partial charge in [-0.2, -0.15) is 0 Å². The van der Waals surface area contributed by atoms with E-state index in [0.717, 1.165) is 10.2 Å². The number of benzene rings is 2. The number of carbonyl (C=O) groups is 1. The van der Waals surface area contributed by atoms with Gasteiger partial charge in [-0.1, -0.05) is 12.1 Å². The van der Waals surface area contributed by atoms with Crippen molar-refractivity contribution in [3.63, 3.8) is 0 Å². The second-order valence-corrected chi connectivity index (χ2v) is 9.37. The van der Waals surface area contributed by atoms with Crippen LogP contribution in [0.5, 0.6) is 5.75 Å². The zero-order chi connectivity index (χ0) is 22.6. The van der Waals surface area contributed by atoms with Gasteiger partial charge in [0.25, 0.3) is 5.91 Å². The summed E-state index contributed by atoms with van der Waals surface area (Å²) in [6, 6.07) is 13.7. The number of carbonyl (C=O) groups excluding carboxylic acids is 1. The number of hydrogen-bond donors (Lipinski definition) is 2. The van der Waals surface area contributed by atoms with Crippen LogP contribution in [0.1, 0.15) is 10.5 Å². The molecule has 0 radical (unpaired) electrons. The molecule has 2 aromatic heterocycles. The molecule has 0 fully saturated rings. The summed E-state index contributed by atoms with van der Waals surface area (Å²) in [5.41, 5.74) is 1.33. The van der Waals surface area contributed by atoms with Gasteiger partial charge in [0.05, 0.1) is 22.2 Å². The fourth-order valence-corrected chi connectivity index (χ4v) is 4.91. The minimum Gasteiger partial charge on any atom is -0.497 e. The molecule has 4 aromatic rings. The van der Waals surface area contributed by atoms with E-state index in [1.807, 2.05) is 24.3 Å². The van der Waals surface area contributed by atoms with Crippen molar-refractivity contribution < 1.29 is 17.9 Å². The molecule has 4 rings (SSSR count). The Morgan fingerprint density at radius 3 is 2.53 bits per heavy atom. The van der Waals surface area contributed by atoms with Gasteiger partial charge in [0.15, 0.2) is 5.69 Å². The summed E-state index contributed by atoms with van der Waals surface area (Å²) in [5, 5.41) is 3.26. The molecular formula is C21H19N5O4S2. The van der Waals surface area contributed by atoms with Crippen LogP contribution in [-0.2, 0) is 10.0 Å². The Balaban J connectivity index is 1.40. The molecule has 2 aromatic carbocycles. The van der Waals surface area contributed by atoms with E-state index < -0.39 is 15.9 Å². The van der Waals surface area contributed by atoms with Crippen molar-refractivity contribution in [1.82, 2.24) is 25.0 Å². The highest BCUT2D eigenvalue weighted by Crippen LogP contribution is 2.30. The fraction of sp³-hybridized carbons (Fsp3) is 0.143. The van der Waals surface area contributed by atoms with Crippen molar-refractivity contribution >= 4 is 37.5 Å². The van der Waals surface area contributed by atoms with Gasteiger partial charge >= 0.3 is 0 Å². The minimum absolute atomic E-state index is 0.0107. The highest BCUT2D eigenvalue weighted by molar-refractivity contribution is 7.89. The van der Waals surface area contributed by atoms with E-state index in [2.05, 4.69) is 25.0 Å². The molecule has 0 bridgehead atoms. The monoisotopic (exact) mass is 469 g/mol. The number of ether oxygens (including phenoxy) is 1. The quantitative estimate of drug-likeness (QED) is 0.380. The van der Waals surface area contributed by atoms with Gasteiger partial charge in [-0.3, -0.25) is 4.79 Å². The molecule has 2 N–H and O–H groups in total. The number of thiazole rings is 1. The van der Waals surface area contributed by atoms with Gasteiger partial charge < -0.3 is 10.1 Å². The summed E-state index contributed by atoms with van der Waals surface area (Å²) in [4.78, 5) is 25.8. The molecule has 0 aliphatic rings. The van der Waals surface area contributed by atoms with E-state index in [1.54, 1.807) is 12.1 Å². The van der Waals surface area contributed by atoms with Crippen molar-refractivity contribution in [3.05, 3.63) is 66.6 Å². The largest absolute Gasteiger partial charge is 0.497 e. The molecule has 32 heavy (non-hydrogen) atoms. The normalized spacial score (nSPS) is 11.4. The lowest BCUT2D eigenvalue weighted by molar-refractivity contribution is 0.0949. The third-order valence-electron chi connectivity index (χ3n) is 4.48. The molecule has 164 valence electrons. The van der Waals surface area contributed by atoms with E-state index in [-0.39, 0.29) is 23.7 Å². The Hall–Kier alpha value is -3.41. The first kappa shape index (κ1) is 21.8. The molecule has 0 atom stereocenters. The Labute approximate surface area is 188 Å². The molecule has 0 aliphatic carbocycles. The van der Waals surface area contributed by atoms with Crippen LogP contribution < -0.4 is 14.8 Å². The standard InChI is InChI=1S/C21H19N5O4S2/c1-30-14-6-8-15(9-7-14)32(28,29)25-13-12-24-20(27)18-19(23-11-10-22-18)21-26-16-4-2-3-5-17(16)31-21/h2-11,25H,12-13H2,1H3,(H,24,27). The summed E-state index contributed by atoms with van der Waals surface area (Å²) in [6.07, 6.45) is 2.93. The lowest BCUT2D eigenvalue weighted by Gasteiger charge is -2.09. The van der Waals surface area contributed by atoms with Crippen LogP contribution in [0.4, 0.5) is 0 Å². The van der Waals surface area contributed by atoms with Gasteiger partial charge in [-0.25, -0.2) is 28.1 Å². The Morgan fingerprint density at radius 2 is 1.78 bits per heavy atom. The topological polar surface area (TPSA) is 123 Å². The van der Waals surface area contributed by atoms with Crippen molar-refractivity contribution in [2.24, 2.45) is 0 Å². The second-order valence-electron chi connectivity index (χ2n) is 6.57. The summed E-state index contributed by atoms with van der Waals surface area (Å²) in [7, 11) is -2.20. The van der Waals surface area contributed by atoms with Crippen molar-refractivity contribution in [2.75, 3.05) is 20.2 Å². The number of sulfonamides is 1. The number of amides is 1. The summed E-state index contributed by atoms with van der Waals surface area (Å²) in [5.74, 6) is 0.0973. The average Bonchev–Trinajstić information content (AvgIpc) is 3.26. The van der Waals surface area contributed by atoms with Gasteiger partial charge in [0.2, 0.25) is 10.0 Å². The molecule has 9 nitrogen and oxygen atoms in total. The number of nitrogens with one attached hydrogen (secondary N) is 2. The highest BCUT2D eigenvalue weighted by atomic mass is 32.2. The van der Waals surface area contributed by atoms with Crippen LogP contribution in [0, 0.1) is 0 Å². The van der Waals surface area contributed by atoms with Crippen molar-refractivity contribution in [3.8, 4) is 16.5 Å². The van der Waals surface area contributed by atoms with Crippen molar-refractivity contribution in [2.45, 2.75) is 4.90 Å². The van der Waals surface area contributed by atoms with Gasteiger partial charge in [-0.15, -0.1) is 11.3 Å². The summed E-state index contributed by atoms with van der Waals surface area (Å²) >= 11 is 1.42. The smallest absolute Gasteiger partial charge is 0.272 e. The van der Waals surface area contributed by atoms with Crippen LogP contribution in [0.3, 0.4) is 0 Å². The molecule has 0 saturated carbocycles. The first-order chi connectivity index (χ1) is 15.5. The first-order valence-electron chi connectivity index (χ1n) is 9.57. The second kappa shape index (κ2) is 9.39. The zero-order valence-corrected chi connectivity index (χ0v) is 18.6. The van der Waals surface area contributed by atoms with Gasteiger partial charge in [-0.05, 0) is 36.4 Å². The molecule has 0 spiro atoms. The Kier molecular flexibility index (Phi) is 6.40. The maximum Gasteiger partial charge on any atom is 0.272 e. The van der Waals surface area contributed by atoms with Gasteiger partial charge in [0.1, 0.15) is 16.5 Å². The lowest BCUT2D eigenvalue weighted by atomic mass is 10.3. The minimum atomic E-state index is -3.71. The van der Waals surface area contributed by atoms with Crippen LogP contribution in [0.2, 0.25) is 0 Å². The van der Waals surface area contributed by atoms with E-state index in [1.165, 1.54) is 43.0 Å². The summed E-state index contributed by atoms with van der Waals surface area (Å²) < 4.78 is 33.2. The lowest BCUT2D eigenvalue weighted by Crippen LogP contribution is -2.35. The molecule has 0 unspecified atom stereocenters. The Bertz CT molecular complexity index is 1320. The number of aromatic nitrogens is 3. The van der Waals surface area contributed by atoms with Crippen LogP contribution in [0.15, 0.2) is 65.8 Å². The maximum atomic E-state index is 12.7. The zero-order valence-electron chi connectivity index (χ0n) is 17.0. The Morgan fingerprint density at radius 1 is 1.03 bits per heavy atom. The van der Waals surface area contributed by atoms with Crippen LogP contribution in [0.25, 0.3) is 20.9 Å². The molecule has 0 saturated heterocycles. The average molecular weight is 470 g/mol. The van der Waals surface area contributed by atoms with Crippen LogP contribution in [-0.4, -0.2) is 49.5 Å². The number of hydrogen-bond acceptors (Lipinski definition) is 8. The third kappa shape index (κ3) is 4.74. The maximum absolute atomic E-state index is 12.7. The predicted molar refractivity (Wildman–Crippen MR) is 121 cm³/mol. The number of rotatable bonds is 8. The van der Waals surface area contributed by atoms with E-state index >= 15 is 0 Å². The predicted octanol–water partition coefficient (Wildman–Crippen LogP) is 2.47.